The highest BCUT2D eigenvalue weighted by molar-refractivity contribution is 6.05. The van der Waals surface area contributed by atoms with Crippen molar-refractivity contribution in [3.8, 4) is 0 Å². The molecule has 6 heteroatoms. The number of hydrogen-bond acceptors (Lipinski definition) is 5. The normalized spacial score (nSPS) is 10.3. The Morgan fingerprint density at radius 1 is 1.32 bits per heavy atom. The fourth-order valence-corrected chi connectivity index (χ4v) is 1.77. The van der Waals surface area contributed by atoms with Crippen LogP contribution in [0.3, 0.4) is 0 Å². The predicted octanol–water partition coefficient (Wildman–Crippen LogP) is 2.20. The van der Waals surface area contributed by atoms with Gasteiger partial charge in [0, 0.05) is 6.20 Å². The van der Waals surface area contributed by atoms with E-state index in [2.05, 4.69) is 10.3 Å². The number of aryl methyl sites for hydroxylation is 1. The molecule has 0 saturated carbocycles. The maximum Gasteiger partial charge on any atom is 0.354 e. The molecule has 1 heterocycles. The van der Waals surface area contributed by atoms with Gasteiger partial charge in [0.25, 0.3) is 5.91 Å². The number of aromatic nitrogens is 1. The summed E-state index contributed by atoms with van der Waals surface area (Å²) in [6.07, 6.45) is 2.95. The molecule has 1 rings (SSSR count). The molecule has 0 atom stereocenters. The van der Waals surface area contributed by atoms with Gasteiger partial charge in [-0.25, -0.2) is 4.79 Å². The summed E-state index contributed by atoms with van der Waals surface area (Å²) in [6, 6.07) is 0. The molecular weight excluding hydrogens is 282 g/mol. The Balaban J connectivity index is 2.96. The highest BCUT2D eigenvalue weighted by Crippen LogP contribution is 2.15. The number of amides is 1. The van der Waals surface area contributed by atoms with Gasteiger partial charge < -0.3 is 15.8 Å². The van der Waals surface area contributed by atoms with Crippen molar-refractivity contribution in [2.75, 3.05) is 12.3 Å². The zero-order chi connectivity index (χ0) is 16.9. The van der Waals surface area contributed by atoms with Crippen molar-refractivity contribution >= 4 is 17.6 Å². The molecule has 3 N–H and O–H groups in total. The Hall–Kier alpha value is -2.37. The monoisotopic (exact) mass is 305 g/mol. The lowest BCUT2D eigenvalue weighted by Crippen LogP contribution is -2.31. The van der Waals surface area contributed by atoms with E-state index in [0.717, 1.165) is 0 Å². The van der Waals surface area contributed by atoms with Crippen molar-refractivity contribution in [1.82, 2.24) is 10.3 Å². The van der Waals surface area contributed by atoms with Crippen molar-refractivity contribution in [2.24, 2.45) is 5.92 Å². The van der Waals surface area contributed by atoms with E-state index in [1.165, 1.54) is 6.20 Å². The van der Waals surface area contributed by atoms with Crippen LogP contribution in [0.15, 0.2) is 23.7 Å². The van der Waals surface area contributed by atoms with Crippen LogP contribution in [-0.4, -0.2) is 23.5 Å². The SMILES string of the molecule is CC(C)=C(NC(=O)c1c(C)cncc1N)C(=O)OCC(C)C. The molecule has 1 amide bonds. The second-order valence-electron chi connectivity index (χ2n) is 5.74. The van der Waals surface area contributed by atoms with Gasteiger partial charge in [0.05, 0.1) is 24.1 Å². The van der Waals surface area contributed by atoms with Crippen molar-refractivity contribution in [3.05, 3.63) is 34.8 Å². The highest BCUT2D eigenvalue weighted by Gasteiger charge is 2.20. The van der Waals surface area contributed by atoms with Crippen LogP contribution in [-0.2, 0) is 9.53 Å². The summed E-state index contributed by atoms with van der Waals surface area (Å²) in [7, 11) is 0. The number of carbonyl (C=O) groups is 2. The van der Waals surface area contributed by atoms with Crippen LogP contribution in [0.1, 0.15) is 43.6 Å². The van der Waals surface area contributed by atoms with Gasteiger partial charge in [0.2, 0.25) is 0 Å². The molecule has 0 aliphatic carbocycles. The molecule has 120 valence electrons. The molecule has 0 radical (unpaired) electrons. The van der Waals surface area contributed by atoms with Gasteiger partial charge in [-0.05, 0) is 37.8 Å². The lowest BCUT2D eigenvalue weighted by atomic mass is 10.1. The van der Waals surface area contributed by atoms with Gasteiger partial charge in [0.15, 0.2) is 0 Å². The van der Waals surface area contributed by atoms with E-state index in [-0.39, 0.29) is 17.3 Å². The number of hydrogen-bond donors (Lipinski definition) is 2. The van der Waals surface area contributed by atoms with Crippen molar-refractivity contribution in [1.29, 1.82) is 0 Å². The van der Waals surface area contributed by atoms with E-state index >= 15 is 0 Å². The number of esters is 1. The number of nitrogen functional groups attached to an aromatic ring is 1. The van der Waals surface area contributed by atoms with Gasteiger partial charge in [-0.15, -0.1) is 0 Å². The lowest BCUT2D eigenvalue weighted by Gasteiger charge is -2.14. The summed E-state index contributed by atoms with van der Waals surface area (Å²) < 4.78 is 5.17. The smallest absolute Gasteiger partial charge is 0.354 e. The summed E-state index contributed by atoms with van der Waals surface area (Å²) in [5.41, 5.74) is 7.81. The molecule has 22 heavy (non-hydrogen) atoms. The molecule has 0 aliphatic heterocycles. The molecule has 0 aromatic carbocycles. The second-order valence-corrected chi connectivity index (χ2v) is 5.74. The Bertz CT molecular complexity index is 582. The molecular formula is C16H23N3O3. The van der Waals surface area contributed by atoms with E-state index < -0.39 is 11.9 Å². The lowest BCUT2D eigenvalue weighted by molar-refractivity contribution is -0.140. The van der Waals surface area contributed by atoms with Crippen LogP contribution in [0.5, 0.6) is 0 Å². The standard InChI is InChI=1S/C16H23N3O3/c1-9(2)8-22-16(21)14(10(3)4)19-15(20)13-11(5)6-18-7-12(13)17/h6-7,9H,8,17H2,1-5H3,(H,19,20). The summed E-state index contributed by atoms with van der Waals surface area (Å²) in [6.45, 7) is 9.37. The third-order valence-corrected chi connectivity index (χ3v) is 2.88. The molecule has 0 unspecified atom stereocenters. The fourth-order valence-electron chi connectivity index (χ4n) is 1.77. The third-order valence-electron chi connectivity index (χ3n) is 2.88. The van der Waals surface area contributed by atoms with Gasteiger partial charge in [-0.3, -0.25) is 9.78 Å². The number of allylic oxidation sites excluding steroid dienone is 1. The van der Waals surface area contributed by atoms with E-state index in [0.29, 0.717) is 23.3 Å². The average molecular weight is 305 g/mol. The first-order chi connectivity index (χ1) is 10.2. The number of anilines is 1. The topological polar surface area (TPSA) is 94.3 Å². The fraction of sp³-hybridized carbons (Fsp3) is 0.438. The number of carbonyl (C=O) groups excluding carboxylic acids is 2. The molecule has 6 nitrogen and oxygen atoms in total. The Kier molecular flexibility index (Phi) is 6.10. The Morgan fingerprint density at radius 3 is 2.45 bits per heavy atom. The van der Waals surface area contributed by atoms with Crippen LogP contribution in [0.25, 0.3) is 0 Å². The highest BCUT2D eigenvalue weighted by atomic mass is 16.5. The summed E-state index contributed by atoms with van der Waals surface area (Å²) >= 11 is 0. The van der Waals surface area contributed by atoms with E-state index in [1.54, 1.807) is 27.0 Å². The van der Waals surface area contributed by atoms with Gasteiger partial charge in [0.1, 0.15) is 5.70 Å². The summed E-state index contributed by atoms with van der Waals surface area (Å²) in [5.74, 6) is -0.779. The van der Waals surface area contributed by atoms with Gasteiger partial charge in [-0.2, -0.15) is 0 Å². The van der Waals surface area contributed by atoms with Crippen LogP contribution in [0, 0.1) is 12.8 Å². The van der Waals surface area contributed by atoms with Crippen LogP contribution in [0.2, 0.25) is 0 Å². The first-order valence-corrected chi connectivity index (χ1v) is 7.10. The minimum absolute atomic E-state index is 0.140. The van der Waals surface area contributed by atoms with Crippen LogP contribution < -0.4 is 11.1 Å². The quantitative estimate of drug-likeness (QED) is 0.642. The Labute approximate surface area is 130 Å². The average Bonchev–Trinajstić information content (AvgIpc) is 2.41. The molecule has 0 spiro atoms. The van der Waals surface area contributed by atoms with Crippen molar-refractivity contribution < 1.29 is 14.3 Å². The molecule has 1 aromatic heterocycles. The number of ether oxygens (including phenoxy) is 1. The second kappa shape index (κ2) is 7.59. The maximum atomic E-state index is 12.4. The van der Waals surface area contributed by atoms with Crippen LogP contribution >= 0.6 is 0 Å². The van der Waals surface area contributed by atoms with Crippen LogP contribution in [0.4, 0.5) is 5.69 Å². The number of pyridine rings is 1. The van der Waals surface area contributed by atoms with E-state index in [4.69, 9.17) is 10.5 Å². The number of nitrogens with zero attached hydrogens (tertiary/aromatic N) is 1. The minimum Gasteiger partial charge on any atom is -0.461 e. The summed E-state index contributed by atoms with van der Waals surface area (Å²) in [4.78, 5) is 28.4. The first kappa shape index (κ1) is 17.7. The molecule has 0 fully saturated rings. The van der Waals surface area contributed by atoms with E-state index in [1.807, 2.05) is 13.8 Å². The zero-order valence-corrected chi connectivity index (χ0v) is 13.7. The van der Waals surface area contributed by atoms with Gasteiger partial charge in [-0.1, -0.05) is 13.8 Å². The van der Waals surface area contributed by atoms with Crippen molar-refractivity contribution in [3.63, 3.8) is 0 Å². The molecule has 1 aromatic rings. The molecule has 0 aliphatic rings. The number of rotatable bonds is 5. The predicted molar refractivity (Wildman–Crippen MR) is 85.0 cm³/mol. The minimum atomic E-state index is -0.549. The molecule has 0 saturated heterocycles. The maximum absolute atomic E-state index is 12.4. The third kappa shape index (κ3) is 4.58. The van der Waals surface area contributed by atoms with Crippen molar-refractivity contribution in [2.45, 2.75) is 34.6 Å². The Morgan fingerprint density at radius 2 is 1.95 bits per heavy atom. The largest absolute Gasteiger partial charge is 0.461 e. The zero-order valence-electron chi connectivity index (χ0n) is 13.7. The number of nitrogens with two attached hydrogens (primary N) is 1. The van der Waals surface area contributed by atoms with E-state index in [9.17, 15) is 9.59 Å². The summed E-state index contributed by atoms with van der Waals surface area (Å²) in [5, 5.41) is 2.60. The van der Waals surface area contributed by atoms with Gasteiger partial charge >= 0.3 is 5.97 Å². The first-order valence-electron chi connectivity index (χ1n) is 7.10. The molecule has 0 bridgehead atoms. The number of nitrogens with one attached hydrogen (secondary N) is 1.